The molecule has 0 fully saturated rings. The summed E-state index contributed by atoms with van der Waals surface area (Å²) in [6.45, 7) is 4.16. The van der Waals surface area contributed by atoms with E-state index in [0.717, 1.165) is 22.8 Å². The molecule has 1 aromatic carbocycles. The summed E-state index contributed by atoms with van der Waals surface area (Å²) in [5, 5.41) is 6.29. The van der Waals surface area contributed by atoms with E-state index in [0.29, 0.717) is 0 Å². The third-order valence-electron chi connectivity index (χ3n) is 3.79. The summed E-state index contributed by atoms with van der Waals surface area (Å²) in [5.41, 5.74) is 5.04. The molecule has 0 radical (unpaired) electrons. The standard InChI is InChI=1S/C16H20Br2N2/c1-12-4-6-14(7-5-12)16(10-17,11-18)9-15-8-13(2)19-20(15)3/h4-8H,9-11H2,1-3H3. The average Bonchev–Trinajstić information content (AvgIpc) is 2.75. The molecule has 0 atom stereocenters. The van der Waals surface area contributed by atoms with E-state index in [4.69, 9.17) is 0 Å². The topological polar surface area (TPSA) is 17.8 Å². The Bertz CT molecular complexity index is 569. The van der Waals surface area contributed by atoms with Crippen LogP contribution in [-0.4, -0.2) is 20.4 Å². The van der Waals surface area contributed by atoms with Crippen LogP contribution >= 0.6 is 31.9 Å². The second kappa shape index (κ2) is 6.44. The molecule has 108 valence electrons. The highest BCUT2D eigenvalue weighted by molar-refractivity contribution is 9.09. The van der Waals surface area contributed by atoms with Gasteiger partial charge in [-0.3, -0.25) is 4.68 Å². The van der Waals surface area contributed by atoms with Crippen molar-refractivity contribution in [2.75, 3.05) is 10.7 Å². The van der Waals surface area contributed by atoms with Gasteiger partial charge in [0.05, 0.1) is 5.69 Å². The zero-order chi connectivity index (χ0) is 14.8. The highest BCUT2D eigenvalue weighted by Crippen LogP contribution is 2.33. The molecule has 1 heterocycles. The normalized spacial score (nSPS) is 11.8. The number of nitrogens with zero attached hydrogens (tertiary/aromatic N) is 2. The quantitative estimate of drug-likeness (QED) is 0.685. The number of aromatic nitrogens is 2. The Kier molecular flexibility index (Phi) is 5.08. The molecule has 0 aliphatic rings. The summed E-state index contributed by atoms with van der Waals surface area (Å²) in [4.78, 5) is 0. The largest absolute Gasteiger partial charge is 0.272 e. The SMILES string of the molecule is Cc1ccc(C(CBr)(CBr)Cc2cc(C)nn2C)cc1. The second-order valence-corrected chi connectivity index (χ2v) is 6.61. The van der Waals surface area contributed by atoms with Gasteiger partial charge in [-0.2, -0.15) is 5.10 Å². The lowest BCUT2D eigenvalue weighted by molar-refractivity contribution is 0.523. The minimum absolute atomic E-state index is 0.0495. The van der Waals surface area contributed by atoms with Crippen LogP contribution in [0.2, 0.25) is 0 Å². The molecule has 2 aromatic rings. The lowest BCUT2D eigenvalue weighted by atomic mass is 9.80. The molecule has 2 rings (SSSR count). The number of hydrogen-bond donors (Lipinski definition) is 0. The van der Waals surface area contributed by atoms with Crippen LogP contribution < -0.4 is 0 Å². The van der Waals surface area contributed by atoms with E-state index in [-0.39, 0.29) is 5.41 Å². The molecule has 20 heavy (non-hydrogen) atoms. The molecule has 0 bridgehead atoms. The summed E-state index contributed by atoms with van der Waals surface area (Å²) in [6.07, 6.45) is 0.962. The maximum Gasteiger partial charge on any atom is 0.0596 e. The fraction of sp³-hybridized carbons (Fsp3) is 0.438. The molecule has 0 unspecified atom stereocenters. The summed E-state index contributed by atoms with van der Waals surface area (Å²) in [6, 6.07) is 11.0. The van der Waals surface area contributed by atoms with Gasteiger partial charge in [0, 0.05) is 35.2 Å². The first-order valence-electron chi connectivity index (χ1n) is 6.69. The number of rotatable bonds is 5. The van der Waals surface area contributed by atoms with Crippen molar-refractivity contribution < 1.29 is 0 Å². The lowest BCUT2D eigenvalue weighted by Gasteiger charge is -2.31. The van der Waals surface area contributed by atoms with Gasteiger partial charge in [-0.25, -0.2) is 0 Å². The number of benzene rings is 1. The van der Waals surface area contributed by atoms with E-state index < -0.39 is 0 Å². The van der Waals surface area contributed by atoms with Crippen molar-refractivity contribution >= 4 is 31.9 Å². The molecule has 0 amide bonds. The van der Waals surface area contributed by atoms with Crippen molar-refractivity contribution in [3.63, 3.8) is 0 Å². The highest BCUT2D eigenvalue weighted by Gasteiger charge is 2.31. The molecule has 4 heteroatoms. The molecule has 0 aliphatic heterocycles. The van der Waals surface area contributed by atoms with E-state index in [1.807, 2.05) is 18.7 Å². The molecule has 0 saturated carbocycles. The Labute approximate surface area is 137 Å². The fourth-order valence-electron chi connectivity index (χ4n) is 2.47. The van der Waals surface area contributed by atoms with E-state index in [1.165, 1.54) is 16.8 Å². The second-order valence-electron chi connectivity index (χ2n) is 5.49. The van der Waals surface area contributed by atoms with Crippen molar-refractivity contribution in [3.05, 3.63) is 52.8 Å². The lowest BCUT2D eigenvalue weighted by Crippen LogP contribution is -2.33. The Morgan fingerprint density at radius 3 is 2.15 bits per heavy atom. The van der Waals surface area contributed by atoms with Crippen LogP contribution in [0.15, 0.2) is 30.3 Å². The van der Waals surface area contributed by atoms with Gasteiger partial charge in [-0.05, 0) is 25.5 Å². The van der Waals surface area contributed by atoms with Gasteiger partial charge < -0.3 is 0 Å². The molecule has 0 saturated heterocycles. The molecule has 0 spiro atoms. The van der Waals surface area contributed by atoms with Gasteiger partial charge in [0.15, 0.2) is 0 Å². The highest BCUT2D eigenvalue weighted by atomic mass is 79.9. The van der Waals surface area contributed by atoms with Gasteiger partial charge in [0.1, 0.15) is 0 Å². The van der Waals surface area contributed by atoms with Crippen LogP contribution in [0.3, 0.4) is 0 Å². The van der Waals surface area contributed by atoms with Crippen LogP contribution in [0.25, 0.3) is 0 Å². The molecular weight excluding hydrogens is 380 g/mol. The van der Waals surface area contributed by atoms with Crippen molar-refractivity contribution in [3.8, 4) is 0 Å². The monoisotopic (exact) mass is 398 g/mol. The Balaban J connectivity index is 2.39. The number of hydrogen-bond acceptors (Lipinski definition) is 1. The van der Waals surface area contributed by atoms with Gasteiger partial charge >= 0.3 is 0 Å². The zero-order valence-electron chi connectivity index (χ0n) is 12.2. The van der Waals surface area contributed by atoms with Crippen molar-refractivity contribution in [2.45, 2.75) is 25.7 Å². The first-order valence-corrected chi connectivity index (χ1v) is 8.93. The maximum absolute atomic E-state index is 4.46. The van der Waals surface area contributed by atoms with E-state index >= 15 is 0 Å². The molecule has 2 nitrogen and oxygen atoms in total. The van der Waals surface area contributed by atoms with Crippen LogP contribution in [0, 0.1) is 13.8 Å². The van der Waals surface area contributed by atoms with E-state index in [9.17, 15) is 0 Å². The Hall–Kier alpha value is -0.610. The van der Waals surface area contributed by atoms with Crippen LogP contribution in [0.1, 0.15) is 22.5 Å². The Morgan fingerprint density at radius 1 is 1.10 bits per heavy atom. The fourth-order valence-corrected chi connectivity index (χ4v) is 4.44. The van der Waals surface area contributed by atoms with Crippen molar-refractivity contribution in [2.24, 2.45) is 7.05 Å². The maximum atomic E-state index is 4.46. The van der Waals surface area contributed by atoms with Crippen LogP contribution in [0.5, 0.6) is 0 Å². The van der Waals surface area contributed by atoms with Crippen LogP contribution in [-0.2, 0) is 18.9 Å². The summed E-state index contributed by atoms with van der Waals surface area (Å²) < 4.78 is 1.99. The predicted molar refractivity (Wildman–Crippen MR) is 92.1 cm³/mol. The first-order chi connectivity index (χ1) is 9.50. The van der Waals surface area contributed by atoms with Gasteiger partial charge in [-0.15, -0.1) is 0 Å². The van der Waals surface area contributed by atoms with Crippen molar-refractivity contribution in [1.29, 1.82) is 0 Å². The van der Waals surface area contributed by atoms with Gasteiger partial charge in [0.2, 0.25) is 0 Å². The zero-order valence-corrected chi connectivity index (χ0v) is 15.3. The number of halogens is 2. The third-order valence-corrected chi connectivity index (χ3v) is 5.94. The van der Waals surface area contributed by atoms with E-state index in [1.54, 1.807) is 0 Å². The first kappa shape index (κ1) is 15.8. The van der Waals surface area contributed by atoms with Gasteiger partial charge in [0.25, 0.3) is 0 Å². The summed E-state index contributed by atoms with van der Waals surface area (Å²) >= 11 is 7.44. The molecule has 0 aliphatic carbocycles. The molecular formula is C16H20Br2N2. The predicted octanol–water partition coefficient (Wildman–Crippen LogP) is 4.31. The summed E-state index contributed by atoms with van der Waals surface area (Å²) in [5.74, 6) is 0. The van der Waals surface area contributed by atoms with Gasteiger partial charge in [-0.1, -0.05) is 61.7 Å². The van der Waals surface area contributed by atoms with E-state index in [2.05, 4.69) is 74.2 Å². The molecule has 0 N–H and O–H groups in total. The molecule has 1 aromatic heterocycles. The van der Waals surface area contributed by atoms with Crippen LogP contribution in [0.4, 0.5) is 0 Å². The average molecular weight is 400 g/mol. The Morgan fingerprint density at radius 2 is 1.70 bits per heavy atom. The minimum Gasteiger partial charge on any atom is -0.272 e. The number of aryl methyl sites for hydroxylation is 3. The number of alkyl halides is 2. The summed E-state index contributed by atoms with van der Waals surface area (Å²) in [7, 11) is 2.02. The smallest absolute Gasteiger partial charge is 0.0596 e. The third kappa shape index (κ3) is 3.17. The van der Waals surface area contributed by atoms with Crippen molar-refractivity contribution in [1.82, 2.24) is 9.78 Å². The minimum atomic E-state index is 0.0495.